The first kappa shape index (κ1) is 22.0. The fourth-order valence-corrected chi connectivity index (χ4v) is 4.93. The Kier molecular flexibility index (Phi) is 7.45. The molecular weight excluding hydrogens is 392 g/mol. The van der Waals surface area contributed by atoms with Crippen LogP contribution >= 0.6 is 0 Å². The first-order valence-corrected chi connectivity index (χ1v) is 11.5. The molecule has 0 saturated carbocycles. The minimum absolute atomic E-state index is 0.00985. The van der Waals surface area contributed by atoms with Crippen LogP contribution in [0.25, 0.3) is 0 Å². The molecule has 2 heterocycles. The number of hydrogen-bond donors (Lipinski definition) is 0. The maximum atomic E-state index is 12.6. The van der Waals surface area contributed by atoms with Crippen molar-refractivity contribution < 1.29 is 22.1 Å². The molecule has 2 atom stereocenters. The molecule has 0 bridgehead atoms. The predicted octanol–water partition coefficient (Wildman–Crippen LogP) is 2.66. The zero-order valence-corrected chi connectivity index (χ0v) is 17.9. The lowest BCUT2D eigenvalue weighted by molar-refractivity contribution is -0.155. The van der Waals surface area contributed by atoms with Crippen molar-refractivity contribution in [1.82, 2.24) is 10.0 Å². The highest BCUT2D eigenvalue weighted by molar-refractivity contribution is 7.86. The number of rotatable bonds is 9. The van der Waals surface area contributed by atoms with Crippen LogP contribution in [-0.2, 0) is 23.8 Å². The third-order valence-corrected chi connectivity index (χ3v) is 6.78. The van der Waals surface area contributed by atoms with Crippen LogP contribution in [0.5, 0.6) is 0 Å². The Balaban J connectivity index is 1.56. The van der Waals surface area contributed by atoms with E-state index in [0.717, 1.165) is 31.4 Å². The molecule has 0 spiro atoms. The molecule has 29 heavy (non-hydrogen) atoms. The van der Waals surface area contributed by atoms with Crippen LogP contribution in [0.2, 0.25) is 0 Å². The maximum Gasteiger partial charge on any atom is 0.296 e. The van der Waals surface area contributed by atoms with Gasteiger partial charge in [0.2, 0.25) is 0 Å². The standard InChI is InChI=1S/C21H30N2O5S/c1-17-10-12-20(13-11-17)29(25,26)28-15-5-8-18-6-3-9-21(24)23(18)22-14-4-7-19(22)16-27-2/h3,9-13,18-19H,4-8,14-16H2,1-2H3/t18-,19+/m1/s1. The Morgan fingerprint density at radius 3 is 2.66 bits per heavy atom. The molecular formula is C21H30N2O5S. The van der Waals surface area contributed by atoms with Crippen LogP contribution in [0.15, 0.2) is 41.3 Å². The largest absolute Gasteiger partial charge is 0.383 e. The van der Waals surface area contributed by atoms with Gasteiger partial charge in [-0.25, -0.2) is 5.01 Å². The molecule has 1 saturated heterocycles. The molecule has 1 aromatic rings. The number of benzene rings is 1. The van der Waals surface area contributed by atoms with E-state index in [2.05, 4.69) is 5.01 Å². The number of hydrogen-bond acceptors (Lipinski definition) is 6. The number of nitrogens with zero attached hydrogens (tertiary/aromatic N) is 2. The van der Waals surface area contributed by atoms with Gasteiger partial charge in [-0.05, 0) is 51.2 Å². The van der Waals surface area contributed by atoms with Gasteiger partial charge in [0.05, 0.1) is 30.2 Å². The van der Waals surface area contributed by atoms with Crippen molar-refractivity contribution >= 4 is 16.0 Å². The summed E-state index contributed by atoms with van der Waals surface area (Å²) in [4.78, 5) is 12.7. The van der Waals surface area contributed by atoms with Crippen LogP contribution in [0.4, 0.5) is 0 Å². The van der Waals surface area contributed by atoms with Crippen LogP contribution in [0.3, 0.4) is 0 Å². The summed E-state index contributed by atoms with van der Waals surface area (Å²) >= 11 is 0. The lowest BCUT2D eigenvalue weighted by Gasteiger charge is -2.42. The van der Waals surface area contributed by atoms with Crippen molar-refractivity contribution in [3.05, 3.63) is 42.0 Å². The lowest BCUT2D eigenvalue weighted by Crippen LogP contribution is -2.55. The zero-order valence-electron chi connectivity index (χ0n) is 17.1. The number of carbonyl (C=O) groups excluding carboxylic acids is 1. The van der Waals surface area contributed by atoms with E-state index < -0.39 is 10.1 Å². The van der Waals surface area contributed by atoms with Crippen LogP contribution in [0, 0.1) is 6.92 Å². The molecule has 1 aromatic carbocycles. The van der Waals surface area contributed by atoms with Crippen molar-refractivity contribution in [3.63, 3.8) is 0 Å². The smallest absolute Gasteiger partial charge is 0.296 e. The Labute approximate surface area is 173 Å². The van der Waals surface area contributed by atoms with E-state index >= 15 is 0 Å². The van der Waals surface area contributed by atoms with Crippen molar-refractivity contribution in [2.75, 3.05) is 26.9 Å². The van der Waals surface area contributed by atoms with Crippen molar-refractivity contribution in [2.24, 2.45) is 0 Å². The van der Waals surface area contributed by atoms with Gasteiger partial charge in [-0.2, -0.15) is 8.42 Å². The van der Waals surface area contributed by atoms with Crippen LogP contribution in [-0.4, -0.2) is 63.3 Å². The van der Waals surface area contributed by atoms with Crippen LogP contribution < -0.4 is 0 Å². The van der Waals surface area contributed by atoms with Gasteiger partial charge in [-0.1, -0.05) is 23.8 Å². The highest BCUT2D eigenvalue weighted by Gasteiger charge is 2.36. The van der Waals surface area contributed by atoms with Gasteiger partial charge in [0.15, 0.2) is 0 Å². The number of methoxy groups -OCH3 is 1. The monoisotopic (exact) mass is 422 g/mol. The molecule has 0 aliphatic carbocycles. The lowest BCUT2D eigenvalue weighted by atomic mass is 10.0. The molecule has 0 radical (unpaired) electrons. The van der Waals surface area contributed by atoms with Crippen molar-refractivity contribution in [2.45, 2.75) is 56.0 Å². The van der Waals surface area contributed by atoms with Gasteiger partial charge in [0, 0.05) is 19.7 Å². The quantitative estimate of drug-likeness (QED) is 0.450. The van der Waals surface area contributed by atoms with E-state index in [1.165, 1.54) is 0 Å². The fourth-order valence-electron chi connectivity index (χ4n) is 3.99. The Morgan fingerprint density at radius 1 is 1.17 bits per heavy atom. The highest BCUT2D eigenvalue weighted by atomic mass is 32.2. The summed E-state index contributed by atoms with van der Waals surface area (Å²) < 4.78 is 35.2. The first-order valence-electron chi connectivity index (χ1n) is 10.1. The summed E-state index contributed by atoms with van der Waals surface area (Å²) in [6, 6.07) is 6.83. The summed E-state index contributed by atoms with van der Waals surface area (Å²) in [7, 11) is -2.08. The van der Waals surface area contributed by atoms with E-state index in [-0.39, 0.29) is 29.5 Å². The van der Waals surface area contributed by atoms with Crippen molar-refractivity contribution in [3.8, 4) is 0 Å². The first-order chi connectivity index (χ1) is 13.9. The van der Waals surface area contributed by atoms with Crippen LogP contribution in [0.1, 0.15) is 37.7 Å². The van der Waals surface area contributed by atoms with Crippen molar-refractivity contribution in [1.29, 1.82) is 0 Å². The number of carbonyl (C=O) groups is 1. The summed E-state index contributed by atoms with van der Waals surface area (Å²) in [6.45, 7) is 3.43. The van der Waals surface area contributed by atoms with Gasteiger partial charge < -0.3 is 4.74 Å². The molecule has 0 unspecified atom stereocenters. The summed E-state index contributed by atoms with van der Waals surface area (Å²) in [6.07, 6.45) is 7.54. The summed E-state index contributed by atoms with van der Waals surface area (Å²) in [5.74, 6) is -0.0163. The van der Waals surface area contributed by atoms with E-state index in [9.17, 15) is 13.2 Å². The molecule has 1 amide bonds. The molecule has 1 fully saturated rings. The van der Waals surface area contributed by atoms with E-state index in [1.54, 1.807) is 37.5 Å². The second-order valence-corrected chi connectivity index (χ2v) is 9.24. The zero-order chi connectivity index (χ0) is 20.9. The molecule has 3 rings (SSSR count). The topological polar surface area (TPSA) is 76.2 Å². The third-order valence-electron chi connectivity index (χ3n) is 5.45. The second kappa shape index (κ2) is 9.84. The van der Waals surface area contributed by atoms with Gasteiger partial charge in [0.1, 0.15) is 0 Å². The Bertz CT molecular complexity index is 822. The molecule has 0 aromatic heterocycles. The van der Waals surface area contributed by atoms with Gasteiger partial charge in [0.25, 0.3) is 16.0 Å². The van der Waals surface area contributed by atoms with Gasteiger partial charge in [-0.3, -0.25) is 14.0 Å². The summed E-state index contributed by atoms with van der Waals surface area (Å²) in [5.41, 5.74) is 0.993. The molecule has 0 N–H and O–H groups in total. The normalized spacial score (nSPS) is 23.1. The van der Waals surface area contributed by atoms with E-state index in [1.807, 2.05) is 18.0 Å². The minimum Gasteiger partial charge on any atom is -0.383 e. The fraction of sp³-hybridized carbons (Fsp3) is 0.571. The average Bonchev–Trinajstić information content (AvgIpc) is 3.14. The molecule has 8 heteroatoms. The van der Waals surface area contributed by atoms with E-state index in [4.69, 9.17) is 8.92 Å². The highest BCUT2D eigenvalue weighted by Crippen LogP contribution is 2.27. The average molecular weight is 423 g/mol. The minimum atomic E-state index is -3.76. The van der Waals surface area contributed by atoms with Gasteiger partial charge in [-0.15, -0.1) is 0 Å². The summed E-state index contributed by atoms with van der Waals surface area (Å²) in [5, 5.41) is 3.98. The van der Waals surface area contributed by atoms with E-state index in [0.29, 0.717) is 19.4 Å². The molecule has 160 valence electrons. The predicted molar refractivity (Wildman–Crippen MR) is 110 cm³/mol. The number of ether oxygens (including phenoxy) is 1. The Hall–Kier alpha value is -1.74. The second-order valence-electron chi connectivity index (χ2n) is 7.62. The number of amides is 1. The number of aryl methyl sites for hydroxylation is 1. The number of hydrazine groups is 1. The maximum absolute atomic E-state index is 12.6. The molecule has 2 aliphatic heterocycles. The molecule has 2 aliphatic rings. The molecule has 7 nitrogen and oxygen atoms in total. The van der Waals surface area contributed by atoms with Gasteiger partial charge >= 0.3 is 0 Å². The Morgan fingerprint density at radius 2 is 1.93 bits per heavy atom. The SMILES string of the molecule is COC[C@@H]1CCCN1N1C(=O)C=CC[C@@H]1CCCOS(=O)(=O)c1ccc(C)cc1. The third kappa shape index (κ3) is 5.45.